The number of aliphatic hydroxyl groups excluding tert-OH is 1. The fourth-order valence-corrected chi connectivity index (χ4v) is 8.78. The summed E-state index contributed by atoms with van der Waals surface area (Å²) in [6, 6.07) is 6.41. The summed E-state index contributed by atoms with van der Waals surface area (Å²) in [5.41, 5.74) is 5.67. The third-order valence-electron chi connectivity index (χ3n) is 12.2. The molecule has 6 N–H and O–H groups in total. The van der Waals surface area contributed by atoms with Crippen LogP contribution in [0.4, 0.5) is 5.69 Å². The molecule has 0 amide bonds. The number of hydrogen-bond acceptors (Lipinski definition) is 14. The van der Waals surface area contributed by atoms with Gasteiger partial charge in [-0.05, 0) is 111 Å². The molecule has 1 fully saturated rings. The molecule has 0 radical (unpaired) electrons. The number of nitrogen functional groups attached to an aromatic ring is 1. The Morgan fingerprint density at radius 1 is 1.18 bits per heavy atom. The summed E-state index contributed by atoms with van der Waals surface area (Å²) in [5, 5.41) is 39.9. The van der Waals surface area contributed by atoms with E-state index in [0.29, 0.717) is 44.6 Å². The zero-order valence-corrected chi connectivity index (χ0v) is 38.2. The van der Waals surface area contributed by atoms with Crippen molar-refractivity contribution < 1.29 is 38.7 Å². The smallest absolute Gasteiger partial charge is 0.317 e. The van der Waals surface area contributed by atoms with Crippen LogP contribution in [0.15, 0.2) is 43.1 Å². The number of nitrogens with two attached hydrogens (primary N) is 1. The van der Waals surface area contributed by atoms with Gasteiger partial charge in [0.15, 0.2) is 12.1 Å². The van der Waals surface area contributed by atoms with E-state index in [-0.39, 0.29) is 31.0 Å². The summed E-state index contributed by atoms with van der Waals surface area (Å²) < 4.78 is 27.0. The lowest BCUT2D eigenvalue weighted by Crippen LogP contribution is -2.64. The van der Waals surface area contributed by atoms with Crippen LogP contribution in [-0.4, -0.2) is 137 Å². The molecule has 60 heavy (non-hydrogen) atoms. The topological polar surface area (TPSA) is 196 Å². The number of allylic oxidation sites excluding steroid dienone is 1. The molecule has 12 atom stereocenters. The quantitative estimate of drug-likeness (QED) is 0.0329. The van der Waals surface area contributed by atoms with Gasteiger partial charge in [0, 0.05) is 49.5 Å². The van der Waals surface area contributed by atoms with E-state index in [1.807, 2.05) is 88.8 Å². The first kappa shape index (κ1) is 51.1. The van der Waals surface area contributed by atoms with Gasteiger partial charge in [-0.1, -0.05) is 51.1 Å². The molecule has 1 aromatic carbocycles. The molecule has 0 saturated carbocycles. The highest BCUT2D eigenvalue weighted by molar-refractivity contribution is 6.00. The van der Waals surface area contributed by atoms with Crippen molar-refractivity contribution in [2.24, 2.45) is 17.8 Å². The van der Waals surface area contributed by atoms with E-state index in [0.717, 1.165) is 24.1 Å². The number of ketones is 1. The van der Waals surface area contributed by atoms with Crippen molar-refractivity contribution in [2.75, 3.05) is 46.6 Å². The van der Waals surface area contributed by atoms with E-state index in [4.69, 9.17) is 24.7 Å². The van der Waals surface area contributed by atoms with Gasteiger partial charge in [-0.3, -0.25) is 14.3 Å². The van der Waals surface area contributed by atoms with Gasteiger partial charge >= 0.3 is 5.97 Å². The van der Waals surface area contributed by atoms with Crippen LogP contribution in [0, 0.1) is 17.8 Å². The first-order chi connectivity index (χ1) is 28.4. The van der Waals surface area contributed by atoms with Crippen LogP contribution in [0.25, 0.3) is 11.3 Å². The van der Waals surface area contributed by atoms with Crippen LogP contribution in [0.1, 0.15) is 93.9 Å². The summed E-state index contributed by atoms with van der Waals surface area (Å²) in [5.74, 6) is -3.29. The van der Waals surface area contributed by atoms with Crippen molar-refractivity contribution in [3.8, 4) is 11.3 Å². The summed E-state index contributed by atoms with van der Waals surface area (Å²) in [7, 11) is 5.36. The summed E-state index contributed by atoms with van der Waals surface area (Å²) >= 11 is 0. The first-order valence-corrected chi connectivity index (χ1v) is 21.9. The van der Waals surface area contributed by atoms with E-state index < -0.39 is 65.4 Å². The molecule has 0 bridgehead atoms. The monoisotopic (exact) mass is 844 g/mol. The summed E-state index contributed by atoms with van der Waals surface area (Å²) in [4.78, 5) is 30.8. The number of aryl methyl sites for hydroxylation is 1. The van der Waals surface area contributed by atoms with Crippen LogP contribution < -0.4 is 16.4 Å². The number of hydrogen-bond donors (Lipinski definition) is 5. The number of cyclic esters (lactones) is 1. The Bertz CT molecular complexity index is 1620. The van der Waals surface area contributed by atoms with Gasteiger partial charge in [-0.2, -0.15) is 0 Å². The van der Waals surface area contributed by atoms with Crippen molar-refractivity contribution in [3.63, 3.8) is 0 Å². The van der Waals surface area contributed by atoms with Crippen molar-refractivity contribution in [1.29, 1.82) is 0 Å². The molecule has 340 valence electrons. The normalized spacial score (nSPS) is 30.3. The molecule has 1 aromatic heterocycles. The Labute approximate surface area is 359 Å². The van der Waals surface area contributed by atoms with Gasteiger partial charge < -0.3 is 50.4 Å². The average molecular weight is 844 g/mol. The van der Waals surface area contributed by atoms with Gasteiger partial charge in [0.2, 0.25) is 0 Å². The molecule has 0 aliphatic carbocycles. The highest BCUT2D eigenvalue weighted by Gasteiger charge is 2.50. The second-order valence-electron chi connectivity index (χ2n) is 17.3. The molecule has 2 unspecified atom stereocenters. The zero-order chi connectivity index (χ0) is 44.8. The second-order valence-corrected chi connectivity index (χ2v) is 17.3. The van der Waals surface area contributed by atoms with E-state index in [1.165, 1.54) is 6.08 Å². The van der Waals surface area contributed by atoms with Gasteiger partial charge in [0.25, 0.3) is 0 Å². The molecule has 15 heteroatoms. The fraction of sp³-hybridized carbons (Fsp3) is 0.733. The standard InChI is InChI=1S/C45H77N7O8/c1-13-20-34-38(53)30(6)41(60-43(58-16-4)39(54)36(14-2)51(10)11)44(8,57-12)26-29(5)27-48-31(7)40(45(9,56)37(15-3)59-42(34)55)47-23-17-18-24-52-28-35(49-50-52)32-21-19-22-33(46)25-32/h13,19,21-22,25,28-31,34,36-37,39-41,43,47-48,54,56H,1,14-18,20,23-24,26-27,46H2,2-12H3/t29-,30+,31-,34-,36?,37-,39?,40-,41-,43+,44-,45-/m1/s1. The molecule has 2 aromatic rings. The molecular weight excluding hydrogens is 767 g/mol. The third kappa shape index (κ3) is 13.4. The predicted molar refractivity (Wildman–Crippen MR) is 235 cm³/mol. The van der Waals surface area contributed by atoms with E-state index in [9.17, 15) is 19.8 Å². The number of carbonyl (C=O) groups is 2. The van der Waals surface area contributed by atoms with Crippen molar-refractivity contribution in [3.05, 3.63) is 43.1 Å². The summed E-state index contributed by atoms with van der Waals surface area (Å²) in [6.45, 7) is 20.9. The number of rotatable bonds is 19. The Morgan fingerprint density at radius 2 is 1.90 bits per heavy atom. The Balaban J connectivity index is 1.93. The molecular formula is C45H77N7O8. The maximum atomic E-state index is 14.7. The van der Waals surface area contributed by atoms with Crippen molar-refractivity contribution in [2.45, 2.75) is 154 Å². The minimum absolute atomic E-state index is 0.00844. The van der Waals surface area contributed by atoms with Crippen LogP contribution in [-0.2, 0) is 35.1 Å². The Morgan fingerprint density at radius 3 is 2.50 bits per heavy atom. The molecule has 0 spiro atoms. The van der Waals surface area contributed by atoms with Gasteiger partial charge in [-0.15, -0.1) is 11.7 Å². The number of aliphatic hydroxyl groups is 2. The van der Waals surface area contributed by atoms with Crippen molar-refractivity contribution in [1.82, 2.24) is 30.5 Å². The number of unbranched alkanes of at least 4 members (excludes halogenated alkanes) is 1. The average Bonchev–Trinajstić information content (AvgIpc) is 3.69. The van der Waals surface area contributed by atoms with Crippen LogP contribution >= 0.6 is 0 Å². The number of methoxy groups -OCH3 is 1. The number of ether oxygens (including phenoxy) is 4. The van der Waals surface area contributed by atoms with Crippen LogP contribution in [0.2, 0.25) is 0 Å². The first-order valence-electron chi connectivity index (χ1n) is 21.9. The van der Waals surface area contributed by atoms with E-state index >= 15 is 0 Å². The number of Topliss-reactive ketones (excluding diaryl/α,β-unsaturated/α-hetero) is 1. The van der Waals surface area contributed by atoms with Gasteiger partial charge in [-0.25, -0.2) is 0 Å². The summed E-state index contributed by atoms with van der Waals surface area (Å²) in [6.07, 6.45) is 2.38. The number of likely N-dealkylation sites (N-methyl/N-ethyl adjacent to an activating group) is 1. The molecule has 2 heterocycles. The second kappa shape index (κ2) is 23.8. The molecule has 1 aliphatic heterocycles. The Kier molecular flexibility index (Phi) is 20.3. The number of nitrogens with one attached hydrogen (secondary N) is 2. The van der Waals surface area contributed by atoms with Gasteiger partial charge in [0.05, 0.1) is 23.9 Å². The molecule has 15 nitrogen and oxygen atoms in total. The van der Waals surface area contributed by atoms with Gasteiger partial charge in [0.1, 0.15) is 29.4 Å². The van der Waals surface area contributed by atoms with Crippen molar-refractivity contribution >= 4 is 17.4 Å². The zero-order valence-electron chi connectivity index (χ0n) is 38.2. The number of nitrogens with zero attached hydrogens (tertiary/aromatic N) is 4. The lowest BCUT2D eigenvalue weighted by Gasteiger charge is -2.44. The number of esters is 1. The fourth-order valence-electron chi connectivity index (χ4n) is 8.78. The minimum atomic E-state index is -1.54. The Hall–Kier alpha value is -3.28. The van der Waals surface area contributed by atoms with Crippen LogP contribution in [0.3, 0.4) is 0 Å². The minimum Gasteiger partial charge on any atom is -0.459 e. The molecule has 1 aliphatic rings. The number of anilines is 1. The predicted octanol–water partition coefficient (Wildman–Crippen LogP) is 4.61. The lowest BCUT2D eigenvalue weighted by molar-refractivity contribution is -0.266. The highest BCUT2D eigenvalue weighted by atomic mass is 16.7. The number of carbonyl (C=O) groups excluding carboxylic acids is 2. The van der Waals surface area contributed by atoms with E-state index in [2.05, 4.69) is 34.4 Å². The lowest BCUT2D eigenvalue weighted by atomic mass is 9.77. The number of aromatic nitrogens is 3. The molecule has 1 saturated heterocycles. The maximum absolute atomic E-state index is 14.7. The van der Waals surface area contributed by atoms with E-state index in [1.54, 1.807) is 21.0 Å². The molecule has 3 rings (SSSR count). The number of benzene rings is 1. The largest absolute Gasteiger partial charge is 0.459 e. The van der Waals surface area contributed by atoms with Crippen LogP contribution in [0.5, 0.6) is 0 Å². The SMILES string of the molecule is C=CC[C@H]1C(=O)O[C@H](CC)[C@@](C)(O)[C@H](NCCCCn2cc(-c3cccc(N)c3)nn2)[C@@H](C)NC[C@H](C)C[C@@](C)(OC)[C@H](O[C@H](OCC)C(O)C(CC)N(C)C)[C@@H](C)C1=O. The maximum Gasteiger partial charge on any atom is 0.317 e. The third-order valence-corrected chi connectivity index (χ3v) is 12.2. The highest BCUT2D eigenvalue weighted by Crippen LogP contribution is 2.36.